The average Bonchev–Trinajstić information content (AvgIpc) is 2.36. The first-order valence-electron chi connectivity index (χ1n) is 5.53. The molecular formula is C12H15BrN2O3. The van der Waals surface area contributed by atoms with Gasteiger partial charge in [0.25, 0.3) is 0 Å². The van der Waals surface area contributed by atoms with E-state index in [1.54, 1.807) is 6.92 Å². The smallest absolute Gasteiger partial charge is 0.325 e. The molecule has 18 heavy (non-hydrogen) atoms. The maximum atomic E-state index is 11.4. The number of halogens is 1. The van der Waals surface area contributed by atoms with Crippen LogP contribution in [0.25, 0.3) is 0 Å². The number of urea groups is 1. The van der Waals surface area contributed by atoms with Crippen molar-refractivity contribution in [3.8, 4) is 0 Å². The van der Waals surface area contributed by atoms with Crippen molar-refractivity contribution in [3.63, 3.8) is 0 Å². The fraction of sp³-hybridized carbons (Fsp3) is 0.333. The first-order chi connectivity index (χ1) is 8.61. The highest BCUT2D eigenvalue weighted by Crippen LogP contribution is 2.09. The van der Waals surface area contributed by atoms with E-state index < -0.39 is 12.0 Å². The minimum Gasteiger partial charge on any atom is -0.465 e. The summed E-state index contributed by atoms with van der Waals surface area (Å²) in [6, 6.07) is 7.19. The molecule has 2 amide bonds. The molecule has 0 radical (unpaired) electrons. The van der Waals surface area contributed by atoms with Crippen molar-refractivity contribution in [3.05, 3.63) is 34.3 Å². The summed E-state index contributed by atoms with van der Waals surface area (Å²) in [5.74, 6) is -0.448. The Balaban J connectivity index is 2.24. The van der Waals surface area contributed by atoms with Gasteiger partial charge in [0.2, 0.25) is 0 Å². The minimum absolute atomic E-state index is 0.125. The summed E-state index contributed by atoms with van der Waals surface area (Å²) in [6.07, 6.45) is 0. The van der Waals surface area contributed by atoms with E-state index in [4.69, 9.17) is 0 Å². The van der Waals surface area contributed by atoms with Gasteiger partial charge in [0.15, 0.2) is 0 Å². The molecule has 0 spiro atoms. The SMILES string of the molecule is CCOC(=O)CNC(=O)NCc1ccc(Br)cc1. The normalized spacial score (nSPS) is 9.67. The third kappa shape index (κ3) is 5.67. The molecule has 0 saturated heterocycles. The van der Waals surface area contributed by atoms with Crippen LogP contribution in [0.3, 0.4) is 0 Å². The molecule has 0 bridgehead atoms. The van der Waals surface area contributed by atoms with Gasteiger partial charge in [-0.3, -0.25) is 4.79 Å². The van der Waals surface area contributed by atoms with Crippen LogP contribution in [0.15, 0.2) is 28.7 Å². The van der Waals surface area contributed by atoms with E-state index in [0.29, 0.717) is 13.2 Å². The predicted molar refractivity (Wildman–Crippen MR) is 71.0 cm³/mol. The van der Waals surface area contributed by atoms with E-state index in [2.05, 4.69) is 31.3 Å². The summed E-state index contributed by atoms with van der Waals surface area (Å²) in [4.78, 5) is 22.3. The Kier molecular flexibility index (Phi) is 6.21. The lowest BCUT2D eigenvalue weighted by Crippen LogP contribution is -2.38. The lowest BCUT2D eigenvalue weighted by atomic mass is 10.2. The van der Waals surface area contributed by atoms with Crippen molar-refractivity contribution < 1.29 is 14.3 Å². The molecule has 0 saturated carbocycles. The van der Waals surface area contributed by atoms with E-state index in [-0.39, 0.29) is 6.54 Å². The molecule has 0 aliphatic carbocycles. The molecule has 0 aliphatic rings. The van der Waals surface area contributed by atoms with E-state index in [9.17, 15) is 9.59 Å². The second-order valence-corrected chi connectivity index (χ2v) is 4.38. The van der Waals surface area contributed by atoms with Crippen LogP contribution in [-0.4, -0.2) is 25.2 Å². The molecule has 6 heteroatoms. The van der Waals surface area contributed by atoms with Crippen LogP contribution < -0.4 is 10.6 Å². The molecule has 5 nitrogen and oxygen atoms in total. The highest BCUT2D eigenvalue weighted by atomic mass is 79.9. The van der Waals surface area contributed by atoms with Gasteiger partial charge in [-0.15, -0.1) is 0 Å². The summed E-state index contributed by atoms with van der Waals surface area (Å²) in [7, 11) is 0. The van der Waals surface area contributed by atoms with Crippen LogP contribution in [0.2, 0.25) is 0 Å². The third-order valence-electron chi connectivity index (χ3n) is 2.06. The maximum Gasteiger partial charge on any atom is 0.325 e. The number of carbonyl (C=O) groups excluding carboxylic acids is 2. The van der Waals surface area contributed by atoms with Crippen LogP contribution in [0.5, 0.6) is 0 Å². The Labute approximate surface area is 114 Å². The Bertz CT molecular complexity index is 406. The van der Waals surface area contributed by atoms with Gasteiger partial charge in [-0.2, -0.15) is 0 Å². The van der Waals surface area contributed by atoms with Crippen molar-refractivity contribution in [2.45, 2.75) is 13.5 Å². The highest BCUT2D eigenvalue weighted by Gasteiger charge is 2.05. The molecule has 1 aromatic carbocycles. The minimum atomic E-state index is -0.448. The first-order valence-corrected chi connectivity index (χ1v) is 6.33. The first kappa shape index (κ1) is 14.5. The Morgan fingerprint density at radius 3 is 2.50 bits per heavy atom. The van der Waals surface area contributed by atoms with Gasteiger partial charge in [0.05, 0.1) is 6.61 Å². The van der Waals surface area contributed by atoms with E-state index in [1.807, 2.05) is 24.3 Å². The number of rotatable bonds is 5. The molecule has 2 N–H and O–H groups in total. The van der Waals surface area contributed by atoms with Crippen molar-refractivity contribution >= 4 is 27.9 Å². The molecule has 98 valence electrons. The zero-order valence-corrected chi connectivity index (χ0v) is 11.6. The molecule has 0 aliphatic heterocycles. The van der Waals surface area contributed by atoms with E-state index >= 15 is 0 Å². The average molecular weight is 315 g/mol. The molecule has 0 fully saturated rings. The van der Waals surface area contributed by atoms with Crippen LogP contribution in [0, 0.1) is 0 Å². The van der Waals surface area contributed by atoms with Gasteiger partial charge in [0.1, 0.15) is 6.54 Å². The number of nitrogens with one attached hydrogen (secondary N) is 2. The van der Waals surface area contributed by atoms with E-state index in [0.717, 1.165) is 10.0 Å². The Hall–Kier alpha value is -1.56. The quantitative estimate of drug-likeness (QED) is 0.815. The molecule has 0 aromatic heterocycles. The van der Waals surface area contributed by atoms with Crippen molar-refractivity contribution in [1.29, 1.82) is 0 Å². The van der Waals surface area contributed by atoms with Gasteiger partial charge in [-0.1, -0.05) is 28.1 Å². The lowest BCUT2D eigenvalue weighted by Gasteiger charge is -2.07. The molecule has 0 heterocycles. The summed E-state index contributed by atoms with van der Waals surface area (Å²) in [5.41, 5.74) is 0.976. The summed E-state index contributed by atoms with van der Waals surface area (Å²) in [6.45, 7) is 2.30. The Morgan fingerprint density at radius 1 is 1.22 bits per heavy atom. The molecule has 1 rings (SSSR count). The van der Waals surface area contributed by atoms with E-state index in [1.165, 1.54) is 0 Å². The maximum absolute atomic E-state index is 11.4. The highest BCUT2D eigenvalue weighted by molar-refractivity contribution is 9.10. The standard InChI is InChI=1S/C12H15BrN2O3/c1-2-18-11(16)8-15-12(17)14-7-9-3-5-10(13)6-4-9/h3-6H,2,7-8H2,1H3,(H2,14,15,17). The van der Waals surface area contributed by atoms with Crippen LogP contribution in [0.1, 0.15) is 12.5 Å². The van der Waals surface area contributed by atoms with Gasteiger partial charge < -0.3 is 15.4 Å². The van der Waals surface area contributed by atoms with Crippen LogP contribution in [0.4, 0.5) is 4.79 Å². The van der Waals surface area contributed by atoms with Gasteiger partial charge in [-0.05, 0) is 24.6 Å². The van der Waals surface area contributed by atoms with Crippen LogP contribution in [-0.2, 0) is 16.1 Å². The van der Waals surface area contributed by atoms with Gasteiger partial charge in [0, 0.05) is 11.0 Å². The fourth-order valence-corrected chi connectivity index (χ4v) is 1.48. The number of hydrogen-bond acceptors (Lipinski definition) is 3. The molecular weight excluding hydrogens is 300 g/mol. The summed E-state index contributed by atoms with van der Waals surface area (Å²) in [5, 5.41) is 5.06. The number of esters is 1. The Morgan fingerprint density at radius 2 is 1.89 bits per heavy atom. The number of benzene rings is 1. The van der Waals surface area contributed by atoms with Crippen LogP contribution >= 0.6 is 15.9 Å². The lowest BCUT2D eigenvalue weighted by molar-refractivity contribution is -0.141. The zero-order valence-electron chi connectivity index (χ0n) is 10.0. The number of amides is 2. The monoisotopic (exact) mass is 314 g/mol. The van der Waals surface area contributed by atoms with Gasteiger partial charge >= 0.3 is 12.0 Å². The zero-order chi connectivity index (χ0) is 13.4. The second-order valence-electron chi connectivity index (χ2n) is 3.47. The summed E-state index contributed by atoms with van der Waals surface area (Å²) >= 11 is 3.33. The van der Waals surface area contributed by atoms with Gasteiger partial charge in [-0.25, -0.2) is 4.79 Å². The largest absolute Gasteiger partial charge is 0.465 e. The number of carbonyl (C=O) groups is 2. The van der Waals surface area contributed by atoms with Crippen molar-refractivity contribution in [1.82, 2.24) is 10.6 Å². The topological polar surface area (TPSA) is 67.4 Å². The molecule has 0 atom stereocenters. The number of ether oxygens (including phenoxy) is 1. The predicted octanol–water partition coefficient (Wildman–Crippen LogP) is 1.81. The van der Waals surface area contributed by atoms with Crippen molar-refractivity contribution in [2.24, 2.45) is 0 Å². The third-order valence-corrected chi connectivity index (χ3v) is 2.59. The number of hydrogen-bond donors (Lipinski definition) is 2. The summed E-state index contributed by atoms with van der Waals surface area (Å²) < 4.78 is 5.67. The molecule has 0 unspecified atom stereocenters. The molecule has 1 aromatic rings. The second kappa shape index (κ2) is 7.71. The fourth-order valence-electron chi connectivity index (χ4n) is 1.21. The van der Waals surface area contributed by atoms with Crippen molar-refractivity contribution in [2.75, 3.05) is 13.2 Å².